The third kappa shape index (κ3) is 12.4. The van der Waals surface area contributed by atoms with Crippen LogP contribution in [0.4, 0.5) is 9.18 Å². The number of carbonyl (C=O) groups is 4. The van der Waals surface area contributed by atoms with Crippen LogP contribution in [0.1, 0.15) is 81.8 Å². The number of halogens is 1. The first kappa shape index (κ1) is 39.9. The number of carboxylic acids is 1. The first-order chi connectivity index (χ1) is 22.8. The molecule has 0 saturated carbocycles. The molecule has 2 heterocycles. The van der Waals surface area contributed by atoms with Crippen LogP contribution >= 0.6 is 0 Å². The monoisotopic (exact) mass is 668 g/mol. The second-order valence-electron chi connectivity index (χ2n) is 13.0. The van der Waals surface area contributed by atoms with E-state index in [1.165, 1.54) is 5.56 Å². The van der Waals surface area contributed by atoms with Crippen LogP contribution in [-0.2, 0) is 21.4 Å². The quantitative estimate of drug-likeness (QED) is 0.203. The fourth-order valence-corrected chi connectivity index (χ4v) is 5.68. The molecule has 10 nitrogen and oxygen atoms in total. The number of carboxylic acid groups (broad SMARTS) is 1. The summed E-state index contributed by atoms with van der Waals surface area (Å²) in [7, 11) is 5.48. The molecule has 0 aliphatic carbocycles. The molecule has 3 N–H and O–H groups in total. The first-order valence-electron chi connectivity index (χ1n) is 16.5. The van der Waals surface area contributed by atoms with Crippen LogP contribution in [0.25, 0.3) is 10.9 Å². The number of aromatic carboxylic acids is 1. The summed E-state index contributed by atoms with van der Waals surface area (Å²) in [6.07, 6.45) is 4.14. The van der Waals surface area contributed by atoms with Crippen molar-refractivity contribution in [2.24, 2.45) is 13.0 Å². The zero-order valence-corrected chi connectivity index (χ0v) is 29.4. The van der Waals surface area contributed by atoms with Gasteiger partial charge in [-0.05, 0) is 77.7 Å². The highest BCUT2D eigenvalue weighted by molar-refractivity contribution is 5.94. The van der Waals surface area contributed by atoms with Crippen molar-refractivity contribution in [1.29, 1.82) is 0 Å². The molecule has 0 spiro atoms. The van der Waals surface area contributed by atoms with E-state index in [9.17, 15) is 23.6 Å². The van der Waals surface area contributed by atoms with E-state index in [4.69, 9.17) is 9.84 Å². The number of aromatic nitrogens is 1. The van der Waals surface area contributed by atoms with Gasteiger partial charge < -0.3 is 29.8 Å². The summed E-state index contributed by atoms with van der Waals surface area (Å²) in [6, 6.07) is 19.0. The number of hydrogen-bond donors (Lipinski definition) is 3. The highest BCUT2D eigenvalue weighted by Crippen LogP contribution is 2.32. The lowest BCUT2D eigenvalue weighted by Gasteiger charge is -2.23. The summed E-state index contributed by atoms with van der Waals surface area (Å²) in [4.78, 5) is 46.9. The van der Waals surface area contributed by atoms with Crippen molar-refractivity contribution in [1.82, 2.24) is 20.1 Å². The maximum atomic E-state index is 12.8. The summed E-state index contributed by atoms with van der Waals surface area (Å²) in [5.41, 5.74) is 1.94. The molecule has 1 saturated heterocycles. The summed E-state index contributed by atoms with van der Waals surface area (Å²) >= 11 is 0. The van der Waals surface area contributed by atoms with Gasteiger partial charge >= 0.3 is 12.1 Å². The molecule has 0 bridgehead atoms. The number of hydrogen-bond acceptors (Lipinski definition) is 6. The Bertz CT molecular complexity index is 1460. The van der Waals surface area contributed by atoms with E-state index in [-0.39, 0.29) is 17.9 Å². The number of ether oxygens (including phenoxy) is 1. The zero-order chi connectivity index (χ0) is 35.9. The van der Waals surface area contributed by atoms with Crippen molar-refractivity contribution >= 4 is 35.2 Å². The highest BCUT2D eigenvalue weighted by Gasteiger charge is 2.37. The number of rotatable bonds is 11. The topological polar surface area (TPSA) is 130 Å². The fraction of sp³-hybridized carbons (Fsp3) is 0.514. The Labute approximate surface area is 284 Å². The number of likely N-dealkylation sites (tertiary alicyclic amines) is 1. The minimum atomic E-state index is -0.890. The molecule has 1 aromatic heterocycles. The number of likely N-dealkylation sites (N-methyl/N-ethyl adjacent to an activating group) is 2. The Hall–Kier alpha value is -4.25. The first-order valence-corrected chi connectivity index (χ1v) is 16.5. The number of amides is 2. The number of aldehydes is 1. The van der Waals surface area contributed by atoms with Crippen LogP contribution in [0.5, 0.6) is 0 Å². The molecule has 4 rings (SSSR count). The molecule has 264 valence electrons. The molecule has 1 aliphatic rings. The average Bonchev–Trinajstić information content (AvgIpc) is 3.62. The van der Waals surface area contributed by atoms with E-state index < -0.39 is 30.4 Å². The van der Waals surface area contributed by atoms with Crippen LogP contribution in [-0.4, -0.2) is 83.8 Å². The largest absolute Gasteiger partial charge is 0.477 e. The lowest BCUT2D eigenvalue weighted by Crippen LogP contribution is -2.42. The third-order valence-corrected chi connectivity index (χ3v) is 8.31. The van der Waals surface area contributed by atoms with Gasteiger partial charge in [0.15, 0.2) is 0 Å². The number of carbonyl (C=O) groups excluding carboxylic acids is 3. The number of aryl methyl sites for hydroxylation is 1. The van der Waals surface area contributed by atoms with Gasteiger partial charge in [0.2, 0.25) is 5.91 Å². The Morgan fingerprint density at radius 3 is 2.25 bits per heavy atom. The molecule has 4 unspecified atom stereocenters. The van der Waals surface area contributed by atoms with E-state index in [0.29, 0.717) is 24.5 Å². The molecule has 2 aromatic carbocycles. The molecule has 1 fully saturated rings. The SMILES string of the molecule is CCC(C=O)CCCC(CF)NC(=O)OC(C)(C)C.CNC(=O)C1C(c2ccccc2)CCN1C.Cn1c(C(=O)O)cc2ccccc21. The minimum absolute atomic E-state index is 0.0209. The predicted octanol–water partition coefficient (Wildman–Crippen LogP) is 6.34. The van der Waals surface area contributed by atoms with E-state index in [0.717, 1.165) is 43.0 Å². The maximum Gasteiger partial charge on any atom is 0.407 e. The molecule has 0 radical (unpaired) electrons. The Morgan fingerprint density at radius 1 is 1.06 bits per heavy atom. The molecule has 48 heavy (non-hydrogen) atoms. The van der Waals surface area contributed by atoms with Gasteiger partial charge in [0, 0.05) is 36.8 Å². The smallest absolute Gasteiger partial charge is 0.407 e. The Balaban J connectivity index is 0.000000253. The third-order valence-electron chi connectivity index (χ3n) is 8.31. The molecule has 11 heteroatoms. The van der Waals surface area contributed by atoms with Crippen molar-refractivity contribution in [3.63, 3.8) is 0 Å². The number of nitrogens with zero attached hydrogens (tertiary/aromatic N) is 2. The second-order valence-corrected chi connectivity index (χ2v) is 13.0. The van der Waals surface area contributed by atoms with E-state index in [1.807, 2.05) is 56.4 Å². The molecular formula is C37H53FN4O6. The highest BCUT2D eigenvalue weighted by atomic mass is 19.1. The summed E-state index contributed by atoms with van der Waals surface area (Å²) in [5.74, 6) is -0.416. The standard InChI is InChI=1S/C14H26FNO3.C13H18N2O.C10H9NO2/c1-5-11(10-17)7-6-8-12(9-15)16-13(18)19-14(2,3)4;1-14-13(16)12-11(8-9-15(12)2)10-6-4-3-5-7-10;1-11-8-5-3-2-4-7(8)6-9(11)10(12)13/h10-12H,5-9H2,1-4H3,(H,16,18);3-7,11-12H,8-9H2,1-2H3,(H,14,16);2-6H,1H3,(H,12,13). The van der Waals surface area contributed by atoms with Crippen LogP contribution in [0.2, 0.25) is 0 Å². The van der Waals surface area contributed by atoms with E-state index >= 15 is 0 Å². The van der Waals surface area contributed by atoms with Crippen molar-refractivity contribution in [2.75, 3.05) is 27.3 Å². The van der Waals surface area contributed by atoms with Crippen LogP contribution in [0.3, 0.4) is 0 Å². The molecule has 2 amide bonds. The summed E-state index contributed by atoms with van der Waals surface area (Å²) in [6.45, 7) is 7.58. The van der Waals surface area contributed by atoms with Crippen molar-refractivity contribution in [3.05, 3.63) is 71.9 Å². The average molecular weight is 669 g/mol. The number of alkyl carbamates (subject to hydrolysis) is 1. The second kappa shape index (κ2) is 19.5. The normalized spacial score (nSPS) is 17.2. The van der Waals surface area contributed by atoms with Gasteiger partial charge in [0.25, 0.3) is 0 Å². The number of nitrogens with one attached hydrogen (secondary N) is 2. The summed E-state index contributed by atoms with van der Waals surface area (Å²) < 4.78 is 19.5. The van der Waals surface area contributed by atoms with Gasteiger partial charge in [-0.2, -0.15) is 0 Å². The van der Waals surface area contributed by atoms with Gasteiger partial charge in [-0.15, -0.1) is 0 Å². The Kier molecular flexibility index (Phi) is 16.3. The maximum absolute atomic E-state index is 12.8. The van der Waals surface area contributed by atoms with Gasteiger partial charge in [-0.25, -0.2) is 14.0 Å². The van der Waals surface area contributed by atoms with Crippen molar-refractivity contribution < 1.29 is 33.4 Å². The zero-order valence-electron chi connectivity index (χ0n) is 29.4. The molecule has 1 aliphatic heterocycles. The van der Waals surface area contributed by atoms with Gasteiger partial charge in [-0.1, -0.05) is 61.9 Å². The van der Waals surface area contributed by atoms with Gasteiger partial charge in [0.1, 0.15) is 24.3 Å². The van der Waals surface area contributed by atoms with Gasteiger partial charge in [0.05, 0.1) is 12.1 Å². The number of fused-ring (bicyclic) bond motifs is 1. The minimum Gasteiger partial charge on any atom is -0.477 e. The fourth-order valence-electron chi connectivity index (χ4n) is 5.68. The number of para-hydroxylation sites is 1. The summed E-state index contributed by atoms with van der Waals surface area (Å²) in [5, 5.41) is 15.1. The predicted molar refractivity (Wildman–Crippen MR) is 187 cm³/mol. The molecule has 4 atom stereocenters. The van der Waals surface area contributed by atoms with Crippen LogP contribution in [0.15, 0.2) is 60.7 Å². The van der Waals surface area contributed by atoms with Crippen molar-refractivity contribution in [3.8, 4) is 0 Å². The van der Waals surface area contributed by atoms with Crippen LogP contribution < -0.4 is 10.6 Å². The van der Waals surface area contributed by atoms with E-state index in [2.05, 4.69) is 27.7 Å². The lowest BCUT2D eigenvalue weighted by atomic mass is 9.91. The molecular weight excluding hydrogens is 615 g/mol. The Morgan fingerprint density at radius 2 is 1.71 bits per heavy atom. The number of benzene rings is 2. The number of alkyl halides is 1. The lowest BCUT2D eigenvalue weighted by molar-refractivity contribution is -0.125. The van der Waals surface area contributed by atoms with Crippen LogP contribution in [0, 0.1) is 5.92 Å². The van der Waals surface area contributed by atoms with Crippen molar-refractivity contribution in [2.45, 2.75) is 83.4 Å². The van der Waals surface area contributed by atoms with E-state index in [1.54, 1.807) is 45.5 Å². The van der Waals surface area contributed by atoms with Gasteiger partial charge in [-0.3, -0.25) is 9.69 Å². The molecule has 3 aromatic rings.